The third kappa shape index (κ3) is 4.92. The number of nitrogens with zero attached hydrogens (tertiary/aromatic N) is 2. The van der Waals surface area contributed by atoms with E-state index in [1.54, 1.807) is 6.92 Å². The zero-order chi connectivity index (χ0) is 27.1. The van der Waals surface area contributed by atoms with Crippen LogP contribution >= 0.6 is 0 Å². The molecule has 5 aliphatic rings. The third-order valence-electron chi connectivity index (χ3n) is 9.64. The first-order valence-corrected chi connectivity index (χ1v) is 14.3. The predicted octanol–water partition coefficient (Wildman–Crippen LogP) is 5.22. The summed E-state index contributed by atoms with van der Waals surface area (Å²) in [4.78, 5) is 33.7. The van der Waals surface area contributed by atoms with Crippen molar-refractivity contribution in [1.29, 1.82) is 0 Å². The summed E-state index contributed by atoms with van der Waals surface area (Å²) in [5.74, 6) is 2.01. The number of ether oxygens (including phenoxy) is 2. The first-order valence-electron chi connectivity index (χ1n) is 14.3. The van der Waals surface area contributed by atoms with E-state index < -0.39 is 17.6 Å². The van der Waals surface area contributed by atoms with Gasteiger partial charge in [0.1, 0.15) is 11.6 Å². The second kappa shape index (κ2) is 10.3. The Morgan fingerprint density at radius 3 is 2.28 bits per heavy atom. The van der Waals surface area contributed by atoms with Crippen molar-refractivity contribution >= 4 is 23.5 Å². The summed E-state index contributed by atoms with van der Waals surface area (Å²) in [6.07, 6.45) is 5.74. The van der Waals surface area contributed by atoms with Gasteiger partial charge in [0.25, 0.3) is 0 Å². The van der Waals surface area contributed by atoms with Crippen LogP contribution in [-0.2, 0) is 14.3 Å². The summed E-state index contributed by atoms with van der Waals surface area (Å²) in [7, 11) is 3.39. The maximum atomic E-state index is 13.3. The van der Waals surface area contributed by atoms with Crippen LogP contribution in [0.2, 0.25) is 0 Å². The number of nitrogens with one attached hydrogen (secondary N) is 1. The van der Waals surface area contributed by atoms with Crippen LogP contribution in [-0.4, -0.2) is 56.2 Å². The molecule has 7 nitrogen and oxygen atoms in total. The van der Waals surface area contributed by atoms with Crippen LogP contribution in [0.1, 0.15) is 56.6 Å². The maximum absolute atomic E-state index is 13.3. The van der Waals surface area contributed by atoms with Gasteiger partial charge in [-0.15, -0.1) is 0 Å². The topological polar surface area (TPSA) is 80.2 Å². The summed E-state index contributed by atoms with van der Waals surface area (Å²) >= 11 is 0. The smallest absolute Gasteiger partial charge is 0.408 e. The highest BCUT2D eigenvalue weighted by Gasteiger charge is 2.50. The quantitative estimate of drug-likeness (QED) is 0.520. The molecule has 206 valence electrons. The van der Waals surface area contributed by atoms with E-state index in [0.29, 0.717) is 24.8 Å². The molecule has 2 aromatic carbocycles. The van der Waals surface area contributed by atoms with E-state index in [1.807, 2.05) is 37.4 Å². The van der Waals surface area contributed by atoms with Crippen molar-refractivity contribution < 1.29 is 19.1 Å². The van der Waals surface area contributed by atoms with Crippen LogP contribution in [0.15, 0.2) is 59.6 Å². The first kappa shape index (κ1) is 25.9. The van der Waals surface area contributed by atoms with Gasteiger partial charge in [-0.2, -0.15) is 0 Å². The summed E-state index contributed by atoms with van der Waals surface area (Å²) < 4.78 is 11.3. The van der Waals surface area contributed by atoms with Gasteiger partial charge in [0.2, 0.25) is 0 Å². The van der Waals surface area contributed by atoms with Gasteiger partial charge < -0.3 is 19.7 Å². The van der Waals surface area contributed by atoms with E-state index in [9.17, 15) is 9.59 Å². The number of methoxy groups -OCH3 is 1. The highest BCUT2D eigenvalue weighted by Crippen LogP contribution is 2.54. The van der Waals surface area contributed by atoms with Crippen molar-refractivity contribution in [1.82, 2.24) is 5.32 Å². The predicted molar refractivity (Wildman–Crippen MR) is 151 cm³/mol. The monoisotopic (exact) mass is 529 g/mol. The largest absolute Gasteiger partial charge is 0.467 e. The summed E-state index contributed by atoms with van der Waals surface area (Å²) in [6.45, 7) is 2.21. The summed E-state index contributed by atoms with van der Waals surface area (Å²) in [5, 5.41) is 2.95. The SMILES string of the molecule is COC(=O)C(C)(CC1CN=C(c2ccccc2)c2ccccc2N1C)NC(=O)OC1C2CC3CC(C2)CC1C3. The number of fused-ring (bicyclic) bond motifs is 1. The molecule has 39 heavy (non-hydrogen) atoms. The number of alkyl carbamates (subject to hydrolysis) is 1. The molecule has 2 unspecified atom stereocenters. The number of carbonyl (C=O) groups is 2. The minimum atomic E-state index is -1.27. The molecule has 2 aromatic rings. The van der Waals surface area contributed by atoms with Gasteiger partial charge in [-0.1, -0.05) is 48.5 Å². The van der Waals surface area contributed by atoms with Gasteiger partial charge in [-0.25, -0.2) is 9.59 Å². The van der Waals surface area contributed by atoms with Crippen LogP contribution < -0.4 is 10.2 Å². The van der Waals surface area contributed by atoms with Gasteiger partial charge in [0.05, 0.1) is 25.4 Å². The molecule has 2 atom stereocenters. The number of benzene rings is 2. The Morgan fingerprint density at radius 2 is 1.62 bits per heavy atom. The molecule has 1 aliphatic heterocycles. The molecule has 0 aromatic heterocycles. The van der Waals surface area contributed by atoms with Gasteiger partial charge in [-0.3, -0.25) is 4.99 Å². The first-order chi connectivity index (χ1) is 18.8. The molecule has 1 heterocycles. The number of benzodiazepines with no additional fused rings is 1. The molecule has 4 saturated carbocycles. The van der Waals surface area contributed by atoms with Crippen molar-refractivity contribution in [2.24, 2.45) is 28.7 Å². The zero-order valence-electron chi connectivity index (χ0n) is 23.1. The molecule has 4 bridgehead atoms. The van der Waals surface area contributed by atoms with Crippen molar-refractivity contribution in [3.8, 4) is 0 Å². The van der Waals surface area contributed by atoms with Crippen LogP contribution in [0, 0.1) is 23.7 Å². The number of anilines is 1. The highest BCUT2D eigenvalue weighted by atomic mass is 16.6. The number of aliphatic imine (C=N–C) groups is 1. The Bertz CT molecular complexity index is 1230. The fraction of sp³-hybridized carbons (Fsp3) is 0.531. The second-order valence-corrected chi connectivity index (χ2v) is 12.3. The van der Waals surface area contributed by atoms with E-state index >= 15 is 0 Å². The molecule has 0 radical (unpaired) electrons. The van der Waals surface area contributed by atoms with Crippen molar-refractivity contribution in [2.75, 3.05) is 25.6 Å². The molecular weight excluding hydrogens is 490 g/mol. The minimum absolute atomic E-state index is 0.0508. The fourth-order valence-electron chi connectivity index (χ4n) is 7.95. The van der Waals surface area contributed by atoms with E-state index in [2.05, 4.69) is 34.5 Å². The molecule has 4 aliphatic carbocycles. The van der Waals surface area contributed by atoms with Crippen molar-refractivity contribution in [3.63, 3.8) is 0 Å². The standard InChI is InChI=1S/C32H39N3O4/c1-32(30(36)38-3,34-31(37)39-29-23-14-20-13-21(16-23)17-24(29)15-20)18-25-19-33-28(22-9-5-4-6-10-22)26-11-7-8-12-27(26)35(25)2/h4-12,20-21,23-25,29H,13-19H2,1-3H3,(H,34,37). The number of rotatable bonds is 6. The normalized spacial score (nSPS) is 30.4. The molecule has 1 amide bonds. The number of para-hydroxylation sites is 1. The Hall–Kier alpha value is -3.35. The van der Waals surface area contributed by atoms with Gasteiger partial charge in [0.15, 0.2) is 0 Å². The van der Waals surface area contributed by atoms with Gasteiger partial charge >= 0.3 is 12.1 Å². The number of likely N-dealkylation sites (N-methyl/N-ethyl adjacent to an activating group) is 1. The number of carbonyl (C=O) groups excluding carboxylic acids is 2. The Morgan fingerprint density at radius 1 is 0.974 bits per heavy atom. The van der Waals surface area contributed by atoms with Crippen LogP contribution in [0.5, 0.6) is 0 Å². The molecule has 7 heteroatoms. The average Bonchev–Trinajstić information content (AvgIpc) is 3.07. The van der Waals surface area contributed by atoms with E-state index in [1.165, 1.54) is 13.5 Å². The van der Waals surface area contributed by atoms with E-state index in [0.717, 1.165) is 60.0 Å². The zero-order valence-corrected chi connectivity index (χ0v) is 23.1. The van der Waals surface area contributed by atoms with Crippen molar-refractivity contribution in [2.45, 2.75) is 63.1 Å². The highest BCUT2D eigenvalue weighted by molar-refractivity contribution is 6.16. The van der Waals surface area contributed by atoms with Crippen LogP contribution in [0.3, 0.4) is 0 Å². The Kier molecular flexibility index (Phi) is 6.86. The molecule has 7 rings (SSSR count). The summed E-state index contributed by atoms with van der Waals surface area (Å²) in [6, 6.07) is 18.2. The van der Waals surface area contributed by atoms with E-state index in [-0.39, 0.29) is 12.1 Å². The van der Waals surface area contributed by atoms with Crippen LogP contribution in [0.25, 0.3) is 0 Å². The van der Waals surface area contributed by atoms with Crippen molar-refractivity contribution in [3.05, 3.63) is 65.7 Å². The molecule has 0 spiro atoms. The molecule has 0 saturated heterocycles. The number of amides is 1. The average molecular weight is 530 g/mol. The lowest BCUT2D eigenvalue weighted by atomic mass is 9.55. The molecule has 4 fully saturated rings. The minimum Gasteiger partial charge on any atom is -0.467 e. The van der Waals surface area contributed by atoms with E-state index in [4.69, 9.17) is 14.5 Å². The lowest BCUT2D eigenvalue weighted by Gasteiger charge is -2.53. The molecular formula is C32H39N3O4. The van der Waals surface area contributed by atoms with Crippen LogP contribution in [0.4, 0.5) is 10.5 Å². The Balaban J connectivity index is 1.22. The fourth-order valence-corrected chi connectivity index (χ4v) is 7.95. The lowest BCUT2D eigenvalue weighted by Crippen LogP contribution is -2.58. The second-order valence-electron chi connectivity index (χ2n) is 12.3. The number of hydrogen-bond acceptors (Lipinski definition) is 6. The lowest BCUT2D eigenvalue weighted by molar-refractivity contribution is -0.148. The Labute approximate surface area is 231 Å². The summed E-state index contributed by atoms with van der Waals surface area (Å²) in [5.41, 5.74) is 2.79. The molecule has 1 N–H and O–H groups in total. The third-order valence-corrected chi connectivity index (χ3v) is 9.64. The maximum Gasteiger partial charge on any atom is 0.408 e. The van der Waals surface area contributed by atoms with Gasteiger partial charge in [0, 0.05) is 30.3 Å². The number of esters is 1. The van der Waals surface area contributed by atoms with Gasteiger partial charge in [-0.05, 0) is 68.8 Å². The number of hydrogen-bond donors (Lipinski definition) is 1.